The number of cyclic esters (lactones) is 1. The Hall–Kier alpha value is -1.81. The summed E-state index contributed by atoms with van der Waals surface area (Å²) in [6, 6.07) is 6.23. The van der Waals surface area contributed by atoms with Crippen LogP contribution >= 0.6 is 0 Å². The molecule has 78 valence electrons. The van der Waals surface area contributed by atoms with Gasteiger partial charge in [-0.05, 0) is 24.6 Å². The maximum Gasteiger partial charge on any atom is 0.336 e. The number of rotatable bonds is 1. The summed E-state index contributed by atoms with van der Waals surface area (Å²) in [6.07, 6.45) is -1.21. The normalized spacial score (nSPS) is 20.7. The maximum atomic E-state index is 11.1. The SMILES string of the molecule is CC1=C(c2ccc(O)cc2)[C@H](O)OC1=O. The number of carbonyl (C=O) groups is 1. The molecule has 1 heterocycles. The van der Waals surface area contributed by atoms with Crippen LogP contribution in [0.3, 0.4) is 0 Å². The molecule has 1 aromatic rings. The van der Waals surface area contributed by atoms with E-state index < -0.39 is 12.3 Å². The molecule has 1 aliphatic heterocycles. The van der Waals surface area contributed by atoms with Gasteiger partial charge in [0.25, 0.3) is 0 Å². The van der Waals surface area contributed by atoms with E-state index in [1.54, 1.807) is 19.1 Å². The molecule has 0 spiro atoms. The lowest BCUT2D eigenvalue weighted by Gasteiger charge is -2.07. The molecule has 0 bridgehead atoms. The van der Waals surface area contributed by atoms with E-state index in [1.807, 2.05) is 0 Å². The number of aliphatic hydroxyl groups excluding tert-OH is 1. The van der Waals surface area contributed by atoms with Crippen molar-refractivity contribution in [2.75, 3.05) is 0 Å². The highest BCUT2D eigenvalue weighted by Crippen LogP contribution is 2.30. The van der Waals surface area contributed by atoms with Crippen LogP contribution in [0.15, 0.2) is 29.8 Å². The van der Waals surface area contributed by atoms with Gasteiger partial charge in [-0.15, -0.1) is 0 Å². The van der Waals surface area contributed by atoms with Gasteiger partial charge in [-0.3, -0.25) is 0 Å². The molecule has 2 N–H and O–H groups in total. The van der Waals surface area contributed by atoms with Gasteiger partial charge >= 0.3 is 5.97 Å². The first kappa shape index (κ1) is 9.73. The summed E-state index contributed by atoms with van der Waals surface area (Å²) in [7, 11) is 0. The van der Waals surface area contributed by atoms with Crippen LogP contribution in [0.4, 0.5) is 0 Å². The number of aromatic hydroxyl groups is 1. The van der Waals surface area contributed by atoms with Crippen molar-refractivity contribution in [3.8, 4) is 5.75 Å². The van der Waals surface area contributed by atoms with Crippen LogP contribution in [0.25, 0.3) is 5.57 Å². The summed E-state index contributed by atoms with van der Waals surface area (Å²) in [5, 5.41) is 18.6. The Bertz CT molecular complexity index is 430. The molecule has 1 aromatic carbocycles. The molecule has 0 unspecified atom stereocenters. The van der Waals surface area contributed by atoms with E-state index in [1.165, 1.54) is 12.1 Å². The van der Waals surface area contributed by atoms with Gasteiger partial charge in [-0.1, -0.05) is 12.1 Å². The third kappa shape index (κ3) is 1.59. The molecule has 0 saturated carbocycles. The van der Waals surface area contributed by atoms with Crippen LogP contribution in [0.1, 0.15) is 12.5 Å². The predicted octanol–water partition coefficient (Wildman–Crippen LogP) is 1.04. The molecule has 4 nitrogen and oxygen atoms in total. The summed E-state index contributed by atoms with van der Waals surface area (Å²) in [5.41, 5.74) is 1.52. The topological polar surface area (TPSA) is 66.8 Å². The van der Waals surface area contributed by atoms with Crippen LogP contribution in [-0.4, -0.2) is 22.5 Å². The number of esters is 1. The van der Waals surface area contributed by atoms with E-state index in [-0.39, 0.29) is 5.75 Å². The van der Waals surface area contributed by atoms with E-state index in [2.05, 4.69) is 4.74 Å². The van der Waals surface area contributed by atoms with E-state index in [9.17, 15) is 9.90 Å². The van der Waals surface area contributed by atoms with Crippen LogP contribution in [0, 0.1) is 0 Å². The van der Waals surface area contributed by atoms with Crippen LogP contribution in [-0.2, 0) is 9.53 Å². The summed E-state index contributed by atoms with van der Waals surface area (Å²) in [6.45, 7) is 1.60. The molecule has 1 atom stereocenters. The fourth-order valence-corrected chi connectivity index (χ4v) is 1.54. The van der Waals surface area contributed by atoms with Crippen molar-refractivity contribution in [2.24, 2.45) is 0 Å². The summed E-state index contributed by atoms with van der Waals surface area (Å²) >= 11 is 0. The molecule has 0 amide bonds. The Labute approximate surface area is 86.4 Å². The minimum absolute atomic E-state index is 0.136. The Morgan fingerprint density at radius 1 is 1.27 bits per heavy atom. The zero-order valence-electron chi connectivity index (χ0n) is 8.10. The van der Waals surface area contributed by atoms with Crippen molar-refractivity contribution < 1.29 is 19.7 Å². The Morgan fingerprint density at radius 3 is 2.33 bits per heavy atom. The minimum atomic E-state index is -1.21. The second kappa shape index (κ2) is 3.40. The maximum absolute atomic E-state index is 11.1. The van der Waals surface area contributed by atoms with Gasteiger partial charge < -0.3 is 14.9 Å². The van der Waals surface area contributed by atoms with E-state index in [0.29, 0.717) is 16.7 Å². The predicted molar refractivity (Wildman–Crippen MR) is 52.8 cm³/mol. The van der Waals surface area contributed by atoms with Crippen molar-refractivity contribution in [2.45, 2.75) is 13.2 Å². The van der Waals surface area contributed by atoms with Crippen molar-refractivity contribution in [1.82, 2.24) is 0 Å². The molecule has 0 radical (unpaired) electrons. The smallest absolute Gasteiger partial charge is 0.336 e. The molecular weight excluding hydrogens is 196 g/mol. The average molecular weight is 206 g/mol. The fraction of sp³-hybridized carbons (Fsp3) is 0.182. The lowest BCUT2D eigenvalue weighted by atomic mass is 10.0. The van der Waals surface area contributed by atoms with Gasteiger partial charge in [0.2, 0.25) is 6.29 Å². The number of hydrogen-bond acceptors (Lipinski definition) is 4. The molecule has 1 aliphatic rings. The van der Waals surface area contributed by atoms with Crippen molar-refractivity contribution >= 4 is 11.5 Å². The molecule has 0 aromatic heterocycles. The van der Waals surface area contributed by atoms with Gasteiger partial charge in [-0.2, -0.15) is 0 Å². The first-order valence-corrected chi connectivity index (χ1v) is 4.49. The number of phenols is 1. The van der Waals surface area contributed by atoms with Gasteiger partial charge in [-0.25, -0.2) is 4.79 Å². The molecular formula is C11H10O4. The fourth-order valence-electron chi connectivity index (χ4n) is 1.54. The van der Waals surface area contributed by atoms with Gasteiger partial charge in [0.1, 0.15) is 5.75 Å². The lowest BCUT2D eigenvalue weighted by molar-refractivity contribution is -0.150. The zero-order chi connectivity index (χ0) is 11.0. The monoisotopic (exact) mass is 206 g/mol. The van der Waals surface area contributed by atoms with Gasteiger partial charge in [0, 0.05) is 11.1 Å². The van der Waals surface area contributed by atoms with E-state index in [0.717, 1.165) is 0 Å². The quantitative estimate of drug-likeness (QED) is 0.674. The molecule has 0 aliphatic carbocycles. The first-order chi connectivity index (χ1) is 7.09. The number of hydrogen-bond donors (Lipinski definition) is 2. The Kier molecular flexibility index (Phi) is 2.21. The third-order valence-electron chi connectivity index (χ3n) is 2.35. The minimum Gasteiger partial charge on any atom is -0.508 e. The molecule has 2 rings (SSSR count). The number of carbonyl (C=O) groups excluding carboxylic acids is 1. The highest BCUT2D eigenvalue weighted by atomic mass is 16.6. The second-order valence-electron chi connectivity index (χ2n) is 3.34. The molecule has 4 heteroatoms. The first-order valence-electron chi connectivity index (χ1n) is 4.49. The van der Waals surface area contributed by atoms with E-state index in [4.69, 9.17) is 5.11 Å². The zero-order valence-corrected chi connectivity index (χ0v) is 8.10. The van der Waals surface area contributed by atoms with Crippen LogP contribution in [0.2, 0.25) is 0 Å². The lowest BCUT2D eigenvalue weighted by Crippen LogP contribution is -2.09. The van der Waals surface area contributed by atoms with Crippen LogP contribution in [0.5, 0.6) is 5.75 Å². The van der Waals surface area contributed by atoms with Gasteiger partial charge in [0.05, 0.1) is 0 Å². The van der Waals surface area contributed by atoms with Gasteiger partial charge in [0.15, 0.2) is 0 Å². The Morgan fingerprint density at radius 2 is 1.87 bits per heavy atom. The summed E-state index contributed by atoms with van der Waals surface area (Å²) in [4.78, 5) is 11.1. The largest absolute Gasteiger partial charge is 0.508 e. The number of ether oxygens (including phenoxy) is 1. The second-order valence-corrected chi connectivity index (χ2v) is 3.34. The summed E-state index contributed by atoms with van der Waals surface area (Å²) in [5.74, 6) is -0.373. The number of phenolic OH excluding ortho intramolecular Hbond substituents is 1. The summed E-state index contributed by atoms with van der Waals surface area (Å²) < 4.78 is 4.65. The molecule has 0 fully saturated rings. The number of benzene rings is 1. The standard InChI is InChI=1S/C11H10O4/c1-6-9(11(14)15-10(6)13)7-2-4-8(12)5-3-7/h2-5,11-12,14H,1H3/t11-/m1/s1. The Balaban J connectivity index is 2.47. The third-order valence-corrected chi connectivity index (χ3v) is 2.35. The van der Waals surface area contributed by atoms with Crippen molar-refractivity contribution in [3.05, 3.63) is 35.4 Å². The molecule has 15 heavy (non-hydrogen) atoms. The highest BCUT2D eigenvalue weighted by molar-refractivity contribution is 6.01. The van der Waals surface area contributed by atoms with Crippen molar-refractivity contribution in [3.63, 3.8) is 0 Å². The number of aliphatic hydroxyl groups is 1. The highest BCUT2D eigenvalue weighted by Gasteiger charge is 2.30. The average Bonchev–Trinajstić information content (AvgIpc) is 2.44. The van der Waals surface area contributed by atoms with Crippen LogP contribution < -0.4 is 0 Å². The van der Waals surface area contributed by atoms with E-state index >= 15 is 0 Å². The molecule has 0 saturated heterocycles. The van der Waals surface area contributed by atoms with Crippen molar-refractivity contribution in [1.29, 1.82) is 0 Å².